The summed E-state index contributed by atoms with van der Waals surface area (Å²) in [4.78, 5) is 14.3. The number of halogens is 3. The van der Waals surface area contributed by atoms with E-state index in [1.165, 1.54) is 12.1 Å². The van der Waals surface area contributed by atoms with Crippen LogP contribution in [0.1, 0.15) is 32.3 Å². The van der Waals surface area contributed by atoms with E-state index in [1.807, 2.05) is 0 Å². The van der Waals surface area contributed by atoms with Crippen LogP contribution in [0, 0.1) is 11.8 Å². The molecule has 1 aromatic carbocycles. The fraction of sp³-hybridized carbons (Fsp3) is 0.682. The van der Waals surface area contributed by atoms with Gasteiger partial charge in [0.15, 0.2) is 0 Å². The van der Waals surface area contributed by atoms with Crippen molar-refractivity contribution in [2.75, 3.05) is 45.9 Å². The maximum absolute atomic E-state index is 13.3. The molecule has 2 fully saturated rings. The summed E-state index contributed by atoms with van der Waals surface area (Å²) in [6.07, 6.45) is -4.23. The summed E-state index contributed by atoms with van der Waals surface area (Å²) in [5.74, 6) is -0.169. The molecule has 1 atom stereocenters. The van der Waals surface area contributed by atoms with Gasteiger partial charge in [0, 0.05) is 44.7 Å². The molecule has 2 aliphatic rings. The normalized spacial score (nSPS) is 20.7. The lowest BCUT2D eigenvalue weighted by Gasteiger charge is -2.37. The van der Waals surface area contributed by atoms with Crippen molar-refractivity contribution in [1.29, 1.82) is 0 Å². The maximum atomic E-state index is 13.3. The Balaban J connectivity index is 1.58. The number of hydrogen-bond acceptors (Lipinski definition) is 5. The van der Waals surface area contributed by atoms with Gasteiger partial charge in [0.25, 0.3) is 0 Å². The Morgan fingerprint density at radius 3 is 2.30 bits per heavy atom. The molecule has 0 saturated carbocycles. The highest BCUT2D eigenvalue weighted by atomic mass is 32.2. The summed E-state index contributed by atoms with van der Waals surface area (Å²) in [5, 5.41) is 3.01. The van der Waals surface area contributed by atoms with Gasteiger partial charge in [-0.3, -0.25) is 9.69 Å². The monoisotopic (exact) mass is 491 g/mol. The first-order valence-electron chi connectivity index (χ1n) is 11.3. The molecule has 0 radical (unpaired) electrons. The van der Waals surface area contributed by atoms with Gasteiger partial charge in [-0.15, -0.1) is 0 Å². The smallest absolute Gasteiger partial charge is 0.379 e. The summed E-state index contributed by atoms with van der Waals surface area (Å²) < 4.78 is 72.2. The highest BCUT2D eigenvalue weighted by molar-refractivity contribution is 7.89. The molecule has 1 aromatic rings. The van der Waals surface area contributed by atoms with E-state index in [0.29, 0.717) is 25.7 Å². The van der Waals surface area contributed by atoms with Crippen LogP contribution < -0.4 is 5.32 Å². The van der Waals surface area contributed by atoms with Crippen LogP contribution in [0.3, 0.4) is 0 Å². The average molecular weight is 492 g/mol. The number of nitrogens with zero attached hydrogens (tertiary/aromatic N) is 2. The topological polar surface area (TPSA) is 79.0 Å². The van der Waals surface area contributed by atoms with Gasteiger partial charge >= 0.3 is 6.18 Å². The fourth-order valence-corrected chi connectivity index (χ4v) is 6.15. The van der Waals surface area contributed by atoms with E-state index in [4.69, 9.17) is 4.74 Å². The van der Waals surface area contributed by atoms with Crippen LogP contribution in [0.4, 0.5) is 13.2 Å². The zero-order chi connectivity index (χ0) is 24.2. The van der Waals surface area contributed by atoms with Gasteiger partial charge in [-0.25, -0.2) is 8.42 Å². The molecule has 2 heterocycles. The summed E-state index contributed by atoms with van der Waals surface area (Å²) in [7, 11) is -4.31. The van der Waals surface area contributed by atoms with Crippen molar-refractivity contribution in [3.05, 3.63) is 29.8 Å². The Bertz CT molecular complexity index is 910. The van der Waals surface area contributed by atoms with E-state index in [2.05, 4.69) is 24.1 Å². The Kier molecular flexibility index (Phi) is 8.41. The number of benzene rings is 1. The number of sulfonamides is 1. The number of piperidine rings is 1. The fourth-order valence-electron chi connectivity index (χ4n) is 4.47. The van der Waals surface area contributed by atoms with Crippen LogP contribution in [0.2, 0.25) is 0 Å². The number of nitrogens with one attached hydrogen (secondary N) is 1. The van der Waals surface area contributed by atoms with E-state index in [0.717, 1.165) is 29.5 Å². The molecule has 0 aromatic heterocycles. The summed E-state index contributed by atoms with van der Waals surface area (Å²) in [6.45, 7) is 7.68. The quantitative estimate of drug-likeness (QED) is 0.635. The molecule has 186 valence electrons. The van der Waals surface area contributed by atoms with Gasteiger partial charge in [0.1, 0.15) is 0 Å². The van der Waals surface area contributed by atoms with E-state index < -0.39 is 26.7 Å². The van der Waals surface area contributed by atoms with Gasteiger partial charge in [-0.2, -0.15) is 17.5 Å². The molecule has 0 spiro atoms. The minimum atomic E-state index is -4.77. The van der Waals surface area contributed by atoms with Crippen molar-refractivity contribution in [3.8, 4) is 0 Å². The number of amides is 1. The predicted octanol–water partition coefficient (Wildman–Crippen LogP) is 2.58. The van der Waals surface area contributed by atoms with Crippen molar-refractivity contribution < 1.29 is 31.1 Å². The third-order valence-corrected chi connectivity index (χ3v) is 8.36. The molecule has 0 aliphatic carbocycles. The Morgan fingerprint density at radius 2 is 1.73 bits per heavy atom. The summed E-state index contributed by atoms with van der Waals surface area (Å²) in [5.41, 5.74) is -1.17. The maximum Gasteiger partial charge on any atom is 0.417 e. The molecule has 3 rings (SSSR count). The second-order valence-electron chi connectivity index (χ2n) is 8.88. The molecular weight excluding hydrogens is 459 g/mol. The minimum absolute atomic E-state index is 0.00366. The molecular formula is C22H32F3N3O4S. The number of rotatable bonds is 7. The Labute approximate surface area is 193 Å². The molecule has 0 bridgehead atoms. The lowest BCUT2D eigenvalue weighted by atomic mass is 9.96. The van der Waals surface area contributed by atoms with Crippen LogP contribution in [0.5, 0.6) is 0 Å². The van der Waals surface area contributed by atoms with Crippen molar-refractivity contribution in [2.45, 2.75) is 43.8 Å². The minimum Gasteiger partial charge on any atom is -0.379 e. The highest BCUT2D eigenvalue weighted by Gasteiger charge is 2.40. The lowest BCUT2D eigenvalue weighted by molar-refractivity contribution is -0.139. The number of hydrogen-bond donors (Lipinski definition) is 1. The van der Waals surface area contributed by atoms with Gasteiger partial charge in [-0.05, 0) is 30.9 Å². The lowest BCUT2D eigenvalue weighted by Crippen LogP contribution is -2.52. The number of carbonyl (C=O) groups is 1. The zero-order valence-electron chi connectivity index (χ0n) is 19.0. The van der Waals surface area contributed by atoms with Crippen LogP contribution >= 0.6 is 0 Å². The number of alkyl halides is 3. The molecule has 2 saturated heterocycles. The first-order chi connectivity index (χ1) is 15.5. The SMILES string of the molecule is CC(C)C(CNC(=O)C1CCN(S(=O)(=O)c2ccccc2C(F)(F)F)CC1)N1CCOCC1. The third kappa shape index (κ3) is 6.26. The second-order valence-corrected chi connectivity index (χ2v) is 10.8. The molecule has 11 heteroatoms. The van der Waals surface area contributed by atoms with Crippen LogP contribution in [-0.2, 0) is 25.7 Å². The zero-order valence-corrected chi connectivity index (χ0v) is 19.8. The Hall–Kier alpha value is -1.69. The van der Waals surface area contributed by atoms with Crippen LogP contribution in [0.15, 0.2) is 29.2 Å². The van der Waals surface area contributed by atoms with Crippen molar-refractivity contribution >= 4 is 15.9 Å². The Morgan fingerprint density at radius 1 is 1.12 bits per heavy atom. The number of morpholine rings is 1. The van der Waals surface area contributed by atoms with E-state index >= 15 is 0 Å². The standard InChI is InChI=1S/C22H32F3N3O4S/c1-16(2)19(27-11-13-32-14-12-27)15-26-21(29)17-7-9-28(10-8-17)33(30,31)20-6-4-3-5-18(20)22(23,24)25/h3-6,16-17,19H,7-15H2,1-2H3,(H,26,29). The van der Waals surface area contributed by atoms with Gasteiger partial charge in [0.05, 0.1) is 23.7 Å². The molecule has 1 unspecified atom stereocenters. The molecule has 7 nitrogen and oxygen atoms in total. The number of ether oxygens (including phenoxy) is 1. The first kappa shape index (κ1) is 25.9. The van der Waals surface area contributed by atoms with Crippen molar-refractivity contribution in [2.24, 2.45) is 11.8 Å². The van der Waals surface area contributed by atoms with Crippen molar-refractivity contribution in [1.82, 2.24) is 14.5 Å². The molecule has 2 aliphatic heterocycles. The number of carbonyl (C=O) groups excluding carboxylic acids is 1. The molecule has 1 N–H and O–H groups in total. The molecule has 33 heavy (non-hydrogen) atoms. The van der Waals surface area contributed by atoms with Crippen LogP contribution in [-0.4, -0.2) is 75.5 Å². The van der Waals surface area contributed by atoms with Gasteiger partial charge < -0.3 is 10.1 Å². The van der Waals surface area contributed by atoms with E-state index in [-0.39, 0.29) is 43.8 Å². The van der Waals surface area contributed by atoms with Crippen molar-refractivity contribution in [3.63, 3.8) is 0 Å². The average Bonchev–Trinajstić information content (AvgIpc) is 2.79. The van der Waals surface area contributed by atoms with Gasteiger partial charge in [0.2, 0.25) is 15.9 Å². The van der Waals surface area contributed by atoms with Crippen LogP contribution in [0.25, 0.3) is 0 Å². The first-order valence-corrected chi connectivity index (χ1v) is 12.7. The summed E-state index contributed by atoms with van der Waals surface area (Å²) in [6, 6.07) is 4.38. The summed E-state index contributed by atoms with van der Waals surface area (Å²) >= 11 is 0. The van der Waals surface area contributed by atoms with E-state index in [9.17, 15) is 26.4 Å². The van der Waals surface area contributed by atoms with Gasteiger partial charge in [-0.1, -0.05) is 26.0 Å². The second kappa shape index (κ2) is 10.7. The highest BCUT2D eigenvalue weighted by Crippen LogP contribution is 2.36. The molecule has 1 amide bonds. The largest absolute Gasteiger partial charge is 0.417 e. The van der Waals surface area contributed by atoms with E-state index in [1.54, 1.807) is 0 Å². The third-order valence-electron chi connectivity index (χ3n) is 6.40. The predicted molar refractivity (Wildman–Crippen MR) is 117 cm³/mol.